The molecule has 0 atom stereocenters. The van der Waals surface area contributed by atoms with Gasteiger partial charge in [-0.25, -0.2) is 4.52 Å². The molecule has 4 aromatic rings. The minimum atomic E-state index is -0.175. The van der Waals surface area contributed by atoms with Gasteiger partial charge in [-0.2, -0.15) is 4.98 Å². The standard InChI is InChI=1S/C25H26N6O2/c1-15-20(18-9-10-31-23(11-18)29-25(26)30-31)12-21(16(2)28-15)24(32)27-13-19-5-3-4-6-22(19)33-14-17-7-8-17/h3-6,9-12,17H,7-8,13-14H2,1-2H3,(H2,26,30)(H,27,32). The molecule has 0 unspecified atom stereocenters. The van der Waals surface area contributed by atoms with Crippen LogP contribution in [0, 0.1) is 19.8 Å². The van der Waals surface area contributed by atoms with Crippen LogP contribution in [0.3, 0.4) is 0 Å². The Hall–Kier alpha value is -3.94. The first-order valence-electron chi connectivity index (χ1n) is 11.1. The van der Waals surface area contributed by atoms with Crippen molar-refractivity contribution in [2.45, 2.75) is 33.2 Å². The summed E-state index contributed by atoms with van der Waals surface area (Å²) in [5.74, 6) is 1.53. The van der Waals surface area contributed by atoms with Crippen molar-refractivity contribution in [2.24, 2.45) is 5.92 Å². The van der Waals surface area contributed by atoms with Crippen molar-refractivity contribution in [3.8, 4) is 16.9 Å². The monoisotopic (exact) mass is 442 g/mol. The molecule has 0 spiro atoms. The van der Waals surface area contributed by atoms with Crippen LogP contribution in [-0.2, 0) is 6.54 Å². The lowest BCUT2D eigenvalue weighted by atomic mass is 10.0. The van der Waals surface area contributed by atoms with Gasteiger partial charge in [0.05, 0.1) is 17.9 Å². The van der Waals surface area contributed by atoms with Gasteiger partial charge in [-0.3, -0.25) is 9.78 Å². The van der Waals surface area contributed by atoms with Crippen molar-refractivity contribution in [3.63, 3.8) is 0 Å². The van der Waals surface area contributed by atoms with Crippen LogP contribution in [0.1, 0.15) is 40.2 Å². The zero-order valence-corrected chi connectivity index (χ0v) is 18.7. The van der Waals surface area contributed by atoms with Gasteiger partial charge in [0.15, 0.2) is 5.65 Å². The van der Waals surface area contributed by atoms with Crippen LogP contribution in [0.2, 0.25) is 0 Å². The summed E-state index contributed by atoms with van der Waals surface area (Å²) in [6.07, 6.45) is 4.27. The average molecular weight is 443 g/mol. The Kier molecular flexibility index (Phi) is 5.42. The summed E-state index contributed by atoms with van der Waals surface area (Å²) in [5, 5.41) is 7.14. The molecule has 0 aliphatic heterocycles. The molecule has 0 saturated heterocycles. The largest absolute Gasteiger partial charge is 0.493 e. The summed E-state index contributed by atoms with van der Waals surface area (Å²) in [7, 11) is 0. The lowest BCUT2D eigenvalue weighted by Gasteiger charge is -2.14. The first-order chi connectivity index (χ1) is 16.0. The molecule has 3 aromatic heterocycles. The molecule has 33 heavy (non-hydrogen) atoms. The first kappa shape index (κ1) is 20.9. The molecule has 168 valence electrons. The number of rotatable bonds is 7. The molecule has 0 radical (unpaired) electrons. The van der Waals surface area contributed by atoms with E-state index in [9.17, 15) is 4.79 Å². The topological polar surface area (TPSA) is 107 Å². The fourth-order valence-electron chi connectivity index (χ4n) is 3.87. The van der Waals surface area contributed by atoms with Crippen LogP contribution in [0.4, 0.5) is 5.95 Å². The Morgan fingerprint density at radius 2 is 1.97 bits per heavy atom. The molecule has 1 aromatic carbocycles. The molecule has 5 rings (SSSR count). The van der Waals surface area contributed by atoms with Gasteiger partial charge in [0.2, 0.25) is 5.95 Å². The smallest absolute Gasteiger partial charge is 0.253 e. The Morgan fingerprint density at radius 3 is 2.79 bits per heavy atom. The summed E-state index contributed by atoms with van der Waals surface area (Å²) in [4.78, 5) is 22.0. The van der Waals surface area contributed by atoms with E-state index in [0.29, 0.717) is 29.4 Å². The number of nitrogen functional groups attached to an aromatic ring is 1. The SMILES string of the molecule is Cc1nc(C)c(-c2ccn3nc(N)nc3c2)cc1C(=O)NCc1ccccc1OCC1CC1. The van der Waals surface area contributed by atoms with Crippen molar-refractivity contribution >= 4 is 17.5 Å². The van der Waals surface area contributed by atoms with Gasteiger partial charge in [-0.05, 0) is 62.4 Å². The Bertz CT molecular complexity index is 1340. The first-order valence-corrected chi connectivity index (χ1v) is 11.1. The van der Waals surface area contributed by atoms with Gasteiger partial charge in [0, 0.05) is 29.6 Å². The number of aromatic nitrogens is 4. The third kappa shape index (κ3) is 4.50. The molecule has 8 heteroatoms. The molecule has 1 aliphatic carbocycles. The number of para-hydroxylation sites is 1. The van der Waals surface area contributed by atoms with E-state index in [1.807, 2.05) is 56.3 Å². The van der Waals surface area contributed by atoms with Gasteiger partial charge >= 0.3 is 0 Å². The fraction of sp³-hybridized carbons (Fsp3) is 0.280. The van der Waals surface area contributed by atoms with E-state index < -0.39 is 0 Å². The van der Waals surface area contributed by atoms with Gasteiger partial charge in [-0.1, -0.05) is 18.2 Å². The van der Waals surface area contributed by atoms with Gasteiger partial charge in [0.1, 0.15) is 5.75 Å². The van der Waals surface area contributed by atoms with Crippen molar-refractivity contribution in [1.82, 2.24) is 24.9 Å². The number of aryl methyl sites for hydroxylation is 2. The van der Waals surface area contributed by atoms with Gasteiger partial charge in [-0.15, -0.1) is 5.10 Å². The number of fused-ring (bicyclic) bond motifs is 1. The summed E-state index contributed by atoms with van der Waals surface area (Å²) in [5.41, 5.74) is 11.1. The second kappa shape index (κ2) is 8.54. The maximum atomic E-state index is 13.1. The zero-order chi connectivity index (χ0) is 22.9. The summed E-state index contributed by atoms with van der Waals surface area (Å²) < 4.78 is 7.58. The van der Waals surface area contributed by atoms with E-state index in [4.69, 9.17) is 10.5 Å². The molecule has 3 heterocycles. The number of anilines is 1. The molecule has 1 saturated carbocycles. The number of hydrogen-bond donors (Lipinski definition) is 2. The van der Waals surface area contributed by atoms with Crippen LogP contribution < -0.4 is 15.8 Å². The zero-order valence-electron chi connectivity index (χ0n) is 18.7. The quantitative estimate of drug-likeness (QED) is 0.452. The number of nitrogens with zero attached hydrogens (tertiary/aromatic N) is 4. The van der Waals surface area contributed by atoms with Gasteiger partial charge in [0.25, 0.3) is 5.91 Å². The maximum Gasteiger partial charge on any atom is 0.253 e. The second-order valence-corrected chi connectivity index (χ2v) is 8.49. The van der Waals surface area contributed by atoms with E-state index in [-0.39, 0.29) is 11.9 Å². The lowest BCUT2D eigenvalue weighted by Crippen LogP contribution is -2.24. The number of benzene rings is 1. The molecule has 1 fully saturated rings. The van der Waals surface area contributed by atoms with Crippen LogP contribution in [0.15, 0.2) is 48.7 Å². The number of ether oxygens (including phenoxy) is 1. The Balaban J connectivity index is 1.37. The Morgan fingerprint density at radius 1 is 1.15 bits per heavy atom. The highest BCUT2D eigenvalue weighted by Gasteiger charge is 2.22. The fourth-order valence-corrected chi connectivity index (χ4v) is 3.87. The van der Waals surface area contributed by atoms with Crippen molar-refractivity contribution in [1.29, 1.82) is 0 Å². The van der Waals surface area contributed by atoms with Crippen LogP contribution in [-0.4, -0.2) is 32.1 Å². The molecule has 0 bridgehead atoms. The number of nitrogens with two attached hydrogens (primary N) is 1. The third-order valence-corrected chi connectivity index (χ3v) is 5.90. The number of pyridine rings is 2. The minimum absolute atomic E-state index is 0.175. The van der Waals surface area contributed by atoms with Gasteiger partial charge < -0.3 is 15.8 Å². The highest BCUT2D eigenvalue weighted by atomic mass is 16.5. The predicted molar refractivity (Wildman–Crippen MR) is 126 cm³/mol. The normalized spacial score (nSPS) is 13.3. The number of carbonyl (C=O) groups excluding carboxylic acids is 1. The highest BCUT2D eigenvalue weighted by Crippen LogP contribution is 2.30. The van der Waals surface area contributed by atoms with Crippen LogP contribution in [0.5, 0.6) is 5.75 Å². The summed E-state index contributed by atoms with van der Waals surface area (Å²) >= 11 is 0. The van der Waals surface area contributed by atoms with E-state index in [2.05, 4.69) is 20.4 Å². The van der Waals surface area contributed by atoms with E-state index in [0.717, 1.165) is 34.7 Å². The molecule has 1 aliphatic rings. The van der Waals surface area contributed by atoms with Crippen LogP contribution in [0.25, 0.3) is 16.8 Å². The molecule has 1 amide bonds. The molecule has 3 N–H and O–H groups in total. The lowest BCUT2D eigenvalue weighted by molar-refractivity contribution is 0.0949. The van der Waals surface area contributed by atoms with Crippen molar-refractivity contribution < 1.29 is 9.53 Å². The minimum Gasteiger partial charge on any atom is -0.493 e. The highest BCUT2D eigenvalue weighted by molar-refractivity contribution is 5.96. The average Bonchev–Trinajstić information content (AvgIpc) is 3.55. The molecular formula is C25H26N6O2. The molecular weight excluding hydrogens is 416 g/mol. The second-order valence-electron chi connectivity index (χ2n) is 8.49. The van der Waals surface area contributed by atoms with Crippen molar-refractivity contribution in [3.05, 3.63) is 71.2 Å². The van der Waals surface area contributed by atoms with Crippen molar-refractivity contribution in [2.75, 3.05) is 12.3 Å². The third-order valence-electron chi connectivity index (χ3n) is 5.90. The number of hydrogen-bond acceptors (Lipinski definition) is 6. The maximum absolute atomic E-state index is 13.1. The Labute approximate surface area is 191 Å². The predicted octanol–water partition coefficient (Wildman–Crippen LogP) is 3.71. The number of carbonyl (C=O) groups is 1. The number of nitrogens with one attached hydrogen (secondary N) is 1. The van der Waals surface area contributed by atoms with E-state index >= 15 is 0 Å². The summed E-state index contributed by atoms with van der Waals surface area (Å²) in [6, 6.07) is 13.5. The van der Waals surface area contributed by atoms with E-state index in [1.165, 1.54) is 12.8 Å². The summed E-state index contributed by atoms with van der Waals surface area (Å²) in [6.45, 7) is 4.89. The number of amides is 1. The van der Waals surface area contributed by atoms with E-state index in [1.54, 1.807) is 10.7 Å². The van der Waals surface area contributed by atoms with Crippen LogP contribution >= 0.6 is 0 Å². The molecule has 8 nitrogen and oxygen atoms in total.